The molecule has 2 N–H and O–H groups in total. The summed E-state index contributed by atoms with van der Waals surface area (Å²) in [5, 5.41) is 10.5. The van der Waals surface area contributed by atoms with Gasteiger partial charge in [-0.15, -0.1) is 19.4 Å². The molecule has 1 unspecified atom stereocenters. The molecular weight excluding hydrogens is 465 g/mol. The van der Waals surface area contributed by atoms with Crippen molar-refractivity contribution >= 4 is 27.2 Å². The molecule has 0 amide bonds. The van der Waals surface area contributed by atoms with Gasteiger partial charge in [0.2, 0.25) is 0 Å². The van der Waals surface area contributed by atoms with E-state index in [4.69, 9.17) is 28.1 Å². The van der Waals surface area contributed by atoms with Gasteiger partial charge in [0.1, 0.15) is 11.6 Å². The first-order valence-electron chi connectivity index (χ1n) is 12.5. The van der Waals surface area contributed by atoms with Crippen LogP contribution in [0.1, 0.15) is 75.5 Å². The average Bonchev–Trinajstić information content (AvgIpc) is 3.22. The lowest BCUT2D eigenvalue weighted by molar-refractivity contribution is -0.0911. The number of thiol groups is 1. The molecule has 2 aliphatic rings. The summed E-state index contributed by atoms with van der Waals surface area (Å²) in [6, 6.07) is 8.01. The van der Waals surface area contributed by atoms with E-state index in [0.717, 1.165) is 80.7 Å². The van der Waals surface area contributed by atoms with Crippen molar-refractivity contribution in [2.45, 2.75) is 74.7 Å². The van der Waals surface area contributed by atoms with Crippen molar-refractivity contribution in [2.75, 3.05) is 20.1 Å². The molecule has 1 saturated carbocycles. The van der Waals surface area contributed by atoms with Crippen LogP contribution >= 0.6 is 21.9 Å². The van der Waals surface area contributed by atoms with E-state index in [0.29, 0.717) is 17.1 Å². The highest BCUT2D eigenvalue weighted by atomic mass is 32.1. The molecule has 1 aromatic heterocycles. The molecule has 188 valence electrons. The van der Waals surface area contributed by atoms with Crippen LogP contribution in [0, 0.1) is 5.92 Å². The number of hydrogen-bond donors (Lipinski definition) is 2. The fourth-order valence-corrected chi connectivity index (χ4v) is 6.52. The second kappa shape index (κ2) is 11.3. The lowest BCUT2D eigenvalue weighted by Gasteiger charge is -2.42. The van der Waals surface area contributed by atoms with Gasteiger partial charge in [0.05, 0.1) is 5.60 Å². The van der Waals surface area contributed by atoms with Gasteiger partial charge in [0, 0.05) is 31.3 Å². The Labute approximate surface area is 211 Å². The molecule has 1 aliphatic heterocycles. The van der Waals surface area contributed by atoms with Crippen LogP contribution in [-0.4, -0.2) is 50.7 Å². The maximum atomic E-state index is 6.14. The van der Waals surface area contributed by atoms with Gasteiger partial charge in [-0.3, -0.25) is 4.84 Å². The number of benzene rings is 1. The molecule has 1 saturated heterocycles. The Morgan fingerprint density at radius 3 is 2.53 bits per heavy atom. The molecule has 2 fully saturated rings. The minimum Gasteiger partial charge on any atom is -0.483 e. The summed E-state index contributed by atoms with van der Waals surface area (Å²) in [5.41, 5.74) is -0.222. The zero-order valence-electron chi connectivity index (χ0n) is 20.7. The van der Waals surface area contributed by atoms with Crippen molar-refractivity contribution in [3.05, 3.63) is 35.9 Å². The van der Waals surface area contributed by atoms with Crippen LogP contribution in [0.2, 0.25) is 0 Å². The van der Waals surface area contributed by atoms with Crippen molar-refractivity contribution in [2.24, 2.45) is 18.9 Å². The molecule has 7 nitrogen and oxygen atoms in total. The smallest absolute Gasteiger partial charge is 0.173 e. The topological polar surface area (TPSA) is 78.4 Å². The quantitative estimate of drug-likeness (QED) is 0.323. The number of piperidine rings is 1. The standard InChI is InChI=1S/C25H40N5O2PS/c1-17(31-20-5-4-6-21(33)15-20)23-27-28-24(30(23)3)19-9-7-18(8-10-19)22(34)16-25(32-26)11-13-29(2)14-12-25/h4-6,15,17-19,22,34H,7-14,16,26,33H2,1-3H3/t17-,18-,19-,22+/m1/s1. The van der Waals surface area contributed by atoms with Gasteiger partial charge in [-0.05, 0) is 82.3 Å². The summed E-state index contributed by atoms with van der Waals surface area (Å²) in [4.78, 5) is 7.90. The zero-order chi connectivity index (χ0) is 24.3. The lowest BCUT2D eigenvalue weighted by atomic mass is 9.76. The molecule has 3 atom stereocenters. The number of aromatic nitrogens is 3. The van der Waals surface area contributed by atoms with E-state index in [1.165, 1.54) is 0 Å². The van der Waals surface area contributed by atoms with Crippen molar-refractivity contribution < 1.29 is 9.57 Å². The molecule has 2 aromatic rings. The maximum absolute atomic E-state index is 6.14. The van der Waals surface area contributed by atoms with Crippen LogP contribution in [0.15, 0.2) is 24.3 Å². The number of hydrogen-bond acceptors (Lipinski definition) is 7. The first kappa shape index (κ1) is 25.9. The summed E-state index contributed by atoms with van der Waals surface area (Å²) in [7, 11) is 6.93. The van der Waals surface area contributed by atoms with Gasteiger partial charge in [-0.25, -0.2) is 5.90 Å². The monoisotopic (exact) mass is 505 g/mol. The molecule has 4 rings (SSSR count). The van der Waals surface area contributed by atoms with Crippen LogP contribution < -0.4 is 15.9 Å². The third-order valence-corrected chi connectivity index (χ3v) is 8.85. The second-order valence-corrected chi connectivity index (χ2v) is 11.6. The Kier molecular flexibility index (Phi) is 8.57. The maximum Gasteiger partial charge on any atom is 0.173 e. The van der Waals surface area contributed by atoms with E-state index in [2.05, 4.69) is 43.0 Å². The Balaban J connectivity index is 1.33. The van der Waals surface area contributed by atoms with E-state index in [9.17, 15) is 0 Å². The Morgan fingerprint density at radius 1 is 1.18 bits per heavy atom. The number of rotatable bonds is 8. The SMILES string of the molecule is C[C@@H](Oc1cccc(P)c1)c1nnc([C@H]2CC[C@H]([C@@H](S)CC3(ON)CCN(C)CC3)CC2)n1C. The molecule has 0 spiro atoms. The van der Waals surface area contributed by atoms with Crippen molar-refractivity contribution in [3.8, 4) is 5.75 Å². The first-order chi connectivity index (χ1) is 16.3. The largest absolute Gasteiger partial charge is 0.483 e. The Morgan fingerprint density at radius 2 is 1.88 bits per heavy atom. The van der Waals surface area contributed by atoms with Gasteiger partial charge in [-0.1, -0.05) is 12.1 Å². The highest BCUT2D eigenvalue weighted by molar-refractivity contribution is 7.81. The van der Waals surface area contributed by atoms with Crippen LogP contribution in [0.5, 0.6) is 5.75 Å². The van der Waals surface area contributed by atoms with E-state index >= 15 is 0 Å². The molecule has 0 bridgehead atoms. The number of nitrogens with two attached hydrogens (primary N) is 1. The summed E-state index contributed by atoms with van der Waals surface area (Å²) in [5.74, 6) is 9.56. The summed E-state index contributed by atoms with van der Waals surface area (Å²) < 4.78 is 8.27. The number of likely N-dealkylation sites (tertiary alicyclic amines) is 1. The summed E-state index contributed by atoms with van der Waals surface area (Å²) in [6.07, 6.45) is 7.23. The molecule has 2 heterocycles. The van der Waals surface area contributed by atoms with Crippen LogP contribution in [-0.2, 0) is 11.9 Å². The molecule has 1 aliphatic carbocycles. The van der Waals surface area contributed by atoms with Gasteiger partial charge < -0.3 is 14.2 Å². The van der Waals surface area contributed by atoms with Gasteiger partial charge in [0.25, 0.3) is 0 Å². The van der Waals surface area contributed by atoms with Crippen molar-refractivity contribution in [1.82, 2.24) is 19.7 Å². The average molecular weight is 506 g/mol. The summed E-state index contributed by atoms with van der Waals surface area (Å²) in [6.45, 7) is 4.10. The fourth-order valence-electron chi connectivity index (χ4n) is 5.61. The predicted molar refractivity (Wildman–Crippen MR) is 143 cm³/mol. The highest BCUT2D eigenvalue weighted by Crippen LogP contribution is 2.41. The Hall–Kier alpha value is -1.18. The number of nitrogens with zero attached hydrogens (tertiary/aromatic N) is 4. The van der Waals surface area contributed by atoms with Gasteiger partial charge in [0.15, 0.2) is 11.9 Å². The third-order valence-electron chi connectivity index (χ3n) is 7.89. The Bertz CT molecular complexity index is 941. The minimum atomic E-state index is -0.222. The third kappa shape index (κ3) is 5.96. The second-order valence-electron chi connectivity index (χ2n) is 10.3. The van der Waals surface area contributed by atoms with E-state index in [1.54, 1.807) is 0 Å². The molecule has 34 heavy (non-hydrogen) atoms. The molecular formula is C25H40N5O2PS. The van der Waals surface area contributed by atoms with Gasteiger partial charge >= 0.3 is 0 Å². The molecule has 1 aromatic carbocycles. The summed E-state index contributed by atoms with van der Waals surface area (Å²) >= 11 is 5.04. The van der Waals surface area contributed by atoms with Crippen LogP contribution in [0.3, 0.4) is 0 Å². The fraction of sp³-hybridized carbons (Fsp3) is 0.680. The highest BCUT2D eigenvalue weighted by Gasteiger charge is 2.39. The van der Waals surface area contributed by atoms with E-state index in [1.807, 2.05) is 31.2 Å². The van der Waals surface area contributed by atoms with E-state index < -0.39 is 0 Å². The number of ether oxygens (including phenoxy) is 1. The zero-order valence-corrected chi connectivity index (χ0v) is 22.7. The van der Waals surface area contributed by atoms with Crippen molar-refractivity contribution in [1.29, 1.82) is 0 Å². The minimum absolute atomic E-state index is 0.168. The van der Waals surface area contributed by atoms with Crippen LogP contribution in [0.4, 0.5) is 0 Å². The predicted octanol–water partition coefficient (Wildman–Crippen LogP) is 3.77. The lowest BCUT2D eigenvalue weighted by Crippen LogP contribution is -2.48. The van der Waals surface area contributed by atoms with Gasteiger partial charge in [-0.2, -0.15) is 12.6 Å². The first-order valence-corrected chi connectivity index (χ1v) is 13.6. The van der Waals surface area contributed by atoms with Crippen molar-refractivity contribution in [3.63, 3.8) is 0 Å². The molecule has 0 radical (unpaired) electrons. The normalized spacial score (nSPS) is 25.1. The van der Waals surface area contributed by atoms with E-state index in [-0.39, 0.29) is 11.7 Å². The molecule has 9 heteroatoms. The van der Waals surface area contributed by atoms with Crippen LogP contribution in [0.25, 0.3) is 0 Å².